The number of rotatable bonds is 7. The van der Waals surface area contributed by atoms with Gasteiger partial charge in [0.1, 0.15) is 0 Å². The second-order valence-corrected chi connectivity index (χ2v) is 6.37. The van der Waals surface area contributed by atoms with Crippen molar-refractivity contribution in [3.63, 3.8) is 0 Å². The lowest BCUT2D eigenvalue weighted by Crippen LogP contribution is -2.42. The molecule has 1 heterocycles. The highest BCUT2D eigenvalue weighted by molar-refractivity contribution is 5.85. The molecule has 26 heavy (non-hydrogen) atoms. The van der Waals surface area contributed by atoms with Crippen LogP contribution >= 0.6 is 24.8 Å². The quantitative estimate of drug-likeness (QED) is 0.756. The van der Waals surface area contributed by atoms with E-state index in [-0.39, 0.29) is 36.8 Å². The first kappa shape index (κ1) is 22.5. The van der Waals surface area contributed by atoms with Gasteiger partial charge in [-0.05, 0) is 24.1 Å². The summed E-state index contributed by atoms with van der Waals surface area (Å²) >= 11 is 0. The van der Waals surface area contributed by atoms with Gasteiger partial charge in [0.25, 0.3) is 0 Å². The average Bonchev–Trinajstić information content (AvgIpc) is 3.09. The number of benzene rings is 2. The fourth-order valence-corrected chi connectivity index (χ4v) is 3.11. The number of carbonyl (C=O) groups is 1. The monoisotopic (exact) mass is 395 g/mol. The molecular weight excluding hydrogens is 369 g/mol. The van der Waals surface area contributed by atoms with Crippen molar-refractivity contribution in [3.05, 3.63) is 71.8 Å². The largest absolute Gasteiger partial charge is 0.351 e. The minimum Gasteiger partial charge on any atom is -0.351 e. The lowest BCUT2D eigenvalue weighted by atomic mass is 10.1. The summed E-state index contributed by atoms with van der Waals surface area (Å²) in [5.41, 5.74) is 2.45. The molecule has 6 heteroatoms. The first-order valence-corrected chi connectivity index (χ1v) is 8.60. The van der Waals surface area contributed by atoms with E-state index in [0.717, 1.165) is 32.6 Å². The van der Waals surface area contributed by atoms with Crippen molar-refractivity contribution >= 4 is 30.7 Å². The van der Waals surface area contributed by atoms with E-state index in [1.165, 1.54) is 11.1 Å². The van der Waals surface area contributed by atoms with E-state index in [9.17, 15) is 4.79 Å². The maximum Gasteiger partial charge on any atom is 0.234 e. The van der Waals surface area contributed by atoms with E-state index in [1.807, 2.05) is 36.4 Å². The zero-order chi connectivity index (χ0) is 16.6. The predicted molar refractivity (Wildman–Crippen MR) is 111 cm³/mol. The predicted octanol–water partition coefficient (Wildman–Crippen LogP) is 3.01. The lowest BCUT2D eigenvalue weighted by molar-refractivity contribution is -0.123. The van der Waals surface area contributed by atoms with Crippen molar-refractivity contribution in [3.8, 4) is 0 Å². The van der Waals surface area contributed by atoms with Crippen molar-refractivity contribution in [2.45, 2.75) is 25.6 Å². The molecule has 2 aromatic rings. The van der Waals surface area contributed by atoms with E-state index >= 15 is 0 Å². The molecule has 0 saturated carbocycles. The Hall–Kier alpha value is -1.59. The molecule has 142 valence electrons. The van der Waals surface area contributed by atoms with Crippen LogP contribution in [-0.2, 0) is 17.9 Å². The minimum absolute atomic E-state index is 0. The molecule has 0 aromatic heterocycles. The third-order valence-electron chi connectivity index (χ3n) is 4.29. The zero-order valence-electron chi connectivity index (χ0n) is 14.8. The highest BCUT2D eigenvalue weighted by Gasteiger charge is 2.18. The average molecular weight is 396 g/mol. The molecule has 1 atom stereocenters. The van der Waals surface area contributed by atoms with Crippen LogP contribution in [0.4, 0.5) is 0 Å². The first-order valence-electron chi connectivity index (χ1n) is 8.60. The highest BCUT2D eigenvalue weighted by Crippen LogP contribution is 2.10. The van der Waals surface area contributed by atoms with Crippen LogP contribution in [0.5, 0.6) is 0 Å². The Morgan fingerprint density at radius 2 is 1.50 bits per heavy atom. The Balaban J connectivity index is 0.00000169. The second kappa shape index (κ2) is 11.9. The molecule has 3 rings (SSSR count). The van der Waals surface area contributed by atoms with Gasteiger partial charge in [-0.2, -0.15) is 0 Å². The second-order valence-electron chi connectivity index (χ2n) is 6.37. The zero-order valence-corrected chi connectivity index (χ0v) is 16.4. The van der Waals surface area contributed by atoms with Crippen molar-refractivity contribution in [2.75, 3.05) is 19.6 Å². The Morgan fingerprint density at radius 3 is 1.96 bits per heavy atom. The van der Waals surface area contributed by atoms with Crippen molar-refractivity contribution in [2.24, 2.45) is 0 Å². The summed E-state index contributed by atoms with van der Waals surface area (Å²) in [6.07, 6.45) is 1.02. The first-order chi connectivity index (χ1) is 11.8. The molecule has 2 N–H and O–H groups in total. The third kappa shape index (κ3) is 7.34. The maximum atomic E-state index is 12.4. The number of carbonyl (C=O) groups excluding carboxylic acids is 1. The topological polar surface area (TPSA) is 44.4 Å². The van der Waals surface area contributed by atoms with Gasteiger partial charge in [-0.3, -0.25) is 9.69 Å². The molecule has 4 nitrogen and oxygen atoms in total. The molecule has 1 aliphatic rings. The van der Waals surface area contributed by atoms with E-state index in [4.69, 9.17) is 0 Å². The van der Waals surface area contributed by atoms with Gasteiger partial charge in [0.15, 0.2) is 0 Å². The molecule has 2 aromatic carbocycles. The van der Waals surface area contributed by atoms with Gasteiger partial charge < -0.3 is 10.6 Å². The van der Waals surface area contributed by atoms with Crippen molar-refractivity contribution in [1.82, 2.24) is 15.5 Å². The lowest BCUT2D eigenvalue weighted by Gasteiger charge is -2.23. The summed E-state index contributed by atoms with van der Waals surface area (Å²) in [6.45, 7) is 3.82. The molecule has 0 radical (unpaired) electrons. The summed E-state index contributed by atoms with van der Waals surface area (Å²) in [5.74, 6) is 0.107. The van der Waals surface area contributed by atoms with Gasteiger partial charge in [0.05, 0.1) is 6.54 Å². The minimum atomic E-state index is 0. The van der Waals surface area contributed by atoms with Crippen LogP contribution in [0.15, 0.2) is 60.7 Å². The number of halogens is 2. The van der Waals surface area contributed by atoms with Gasteiger partial charge in [0.2, 0.25) is 5.91 Å². The Morgan fingerprint density at radius 1 is 0.962 bits per heavy atom. The molecule has 1 unspecified atom stereocenters. The number of nitrogens with zero attached hydrogens (tertiary/aromatic N) is 1. The Labute approximate surface area is 168 Å². The molecule has 0 aliphatic carbocycles. The van der Waals surface area contributed by atoms with Crippen LogP contribution in [0, 0.1) is 0 Å². The number of hydrogen-bond donors (Lipinski definition) is 2. The summed E-state index contributed by atoms with van der Waals surface area (Å²) in [7, 11) is 0. The van der Waals surface area contributed by atoms with Crippen molar-refractivity contribution in [1.29, 1.82) is 0 Å². The summed E-state index contributed by atoms with van der Waals surface area (Å²) in [5, 5.41) is 6.42. The smallest absolute Gasteiger partial charge is 0.234 e. The van der Waals surface area contributed by atoms with Gasteiger partial charge >= 0.3 is 0 Å². The van der Waals surface area contributed by atoms with E-state index in [2.05, 4.69) is 39.8 Å². The van der Waals surface area contributed by atoms with Crippen LogP contribution in [0.25, 0.3) is 0 Å². The molecule has 1 fully saturated rings. The van der Waals surface area contributed by atoms with Crippen LogP contribution in [0.1, 0.15) is 17.5 Å². The number of nitrogens with one attached hydrogen (secondary N) is 2. The Kier molecular flexibility index (Phi) is 10.3. The summed E-state index contributed by atoms with van der Waals surface area (Å²) in [6, 6.07) is 20.9. The van der Waals surface area contributed by atoms with Crippen molar-refractivity contribution < 1.29 is 4.79 Å². The van der Waals surface area contributed by atoms with Crippen LogP contribution in [-0.4, -0.2) is 36.5 Å². The SMILES string of the molecule is Cl.Cl.O=C(CN(Cc1ccccc1)Cc1ccccc1)NC1CCNC1. The summed E-state index contributed by atoms with van der Waals surface area (Å²) in [4.78, 5) is 14.6. The molecule has 1 aliphatic heterocycles. The Bertz CT molecular complexity index is 593. The van der Waals surface area contributed by atoms with Gasteiger partial charge in [-0.1, -0.05) is 60.7 Å². The fourth-order valence-electron chi connectivity index (χ4n) is 3.11. The van der Waals surface area contributed by atoms with E-state index in [1.54, 1.807) is 0 Å². The van der Waals surface area contributed by atoms with Crippen LogP contribution in [0.2, 0.25) is 0 Å². The standard InChI is InChI=1S/C20H25N3O.2ClH/c24-20(22-19-11-12-21-13-19)16-23(14-17-7-3-1-4-8-17)15-18-9-5-2-6-10-18;;/h1-10,19,21H,11-16H2,(H,22,24);2*1H. The third-order valence-corrected chi connectivity index (χ3v) is 4.29. The van der Waals surface area contributed by atoms with Gasteiger partial charge in [-0.15, -0.1) is 24.8 Å². The van der Waals surface area contributed by atoms with Crippen LogP contribution in [0.3, 0.4) is 0 Å². The number of amides is 1. The molecule has 1 saturated heterocycles. The molecule has 1 amide bonds. The fraction of sp³-hybridized carbons (Fsp3) is 0.350. The maximum absolute atomic E-state index is 12.4. The summed E-state index contributed by atoms with van der Waals surface area (Å²) < 4.78 is 0. The van der Waals surface area contributed by atoms with Crippen LogP contribution < -0.4 is 10.6 Å². The van der Waals surface area contributed by atoms with E-state index < -0.39 is 0 Å². The molecule has 0 bridgehead atoms. The highest BCUT2D eigenvalue weighted by atomic mass is 35.5. The van der Waals surface area contributed by atoms with E-state index in [0.29, 0.717) is 6.54 Å². The number of hydrogen-bond acceptors (Lipinski definition) is 3. The molecule has 0 spiro atoms. The van der Waals surface area contributed by atoms with Gasteiger partial charge in [0, 0.05) is 25.7 Å². The normalized spacial score (nSPS) is 15.8. The molecular formula is C20H27Cl2N3O. The van der Waals surface area contributed by atoms with Gasteiger partial charge in [-0.25, -0.2) is 0 Å².